The van der Waals surface area contributed by atoms with Gasteiger partial charge >= 0.3 is 0 Å². The molecule has 174 valence electrons. The number of nitrogens with zero attached hydrogens (tertiary/aromatic N) is 4. The van der Waals surface area contributed by atoms with Crippen molar-refractivity contribution in [1.29, 1.82) is 0 Å². The number of aliphatic hydroxyl groups excluding tert-OH is 1. The molecule has 1 aliphatic heterocycles. The van der Waals surface area contributed by atoms with E-state index in [0.29, 0.717) is 11.7 Å². The summed E-state index contributed by atoms with van der Waals surface area (Å²) in [5, 5.41) is 13.8. The van der Waals surface area contributed by atoms with Crippen molar-refractivity contribution in [2.75, 3.05) is 31.1 Å². The Morgan fingerprint density at radius 2 is 1.82 bits per heavy atom. The standard InChI is InChI=1S/C26H33N5OS/c1-5-29(6-2)20-10-12-21(13-11-20)31-18(3)17-22(19(31)4)25-24(23-9-7-8-14-27-23)28-26(33)30(25)15-16-32/h7-14,17,24-25,32H,5-6,15-16H2,1-4H3,(H,28,33). The molecule has 4 rings (SSSR count). The number of aromatic nitrogens is 2. The van der Waals surface area contributed by atoms with E-state index in [2.05, 4.69) is 82.7 Å². The largest absolute Gasteiger partial charge is 0.395 e. The van der Waals surface area contributed by atoms with Crippen LogP contribution in [0.4, 0.5) is 5.69 Å². The minimum absolute atomic E-state index is 0.0405. The number of hydrogen-bond acceptors (Lipinski definition) is 4. The molecule has 0 saturated carbocycles. The van der Waals surface area contributed by atoms with E-state index in [0.717, 1.165) is 24.5 Å². The quantitative estimate of drug-likeness (QED) is 0.486. The summed E-state index contributed by atoms with van der Waals surface area (Å²) in [4.78, 5) is 9.04. The van der Waals surface area contributed by atoms with Crippen molar-refractivity contribution in [3.05, 3.63) is 77.4 Å². The molecule has 0 spiro atoms. The maximum Gasteiger partial charge on any atom is 0.170 e. The van der Waals surface area contributed by atoms with Crippen LogP contribution >= 0.6 is 12.2 Å². The van der Waals surface area contributed by atoms with Crippen LogP contribution in [0.1, 0.15) is 48.6 Å². The molecule has 1 saturated heterocycles. The highest BCUT2D eigenvalue weighted by Crippen LogP contribution is 2.41. The summed E-state index contributed by atoms with van der Waals surface area (Å²) in [5.74, 6) is 0. The van der Waals surface area contributed by atoms with Crippen LogP contribution in [0, 0.1) is 13.8 Å². The van der Waals surface area contributed by atoms with E-state index in [9.17, 15) is 5.11 Å². The molecule has 0 aliphatic carbocycles. The van der Waals surface area contributed by atoms with Gasteiger partial charge in [0.1, 0.15) is 0 Å². The molecule has 0 bridgehead atoms. The zero-order valence-corrected chi connectivity index (χ0v) is 20.6. The summed E-state index contributed by atoms with van der Waals surface area (Å²) < 4.78 is 2.30. The summed E-state index contributed by atoms with van der Waals surface area (Å²) in [6.07, 6.45) is 1.81. The van der Waals surface area contributed by atoms with E-state index in [-0.39, 0.29) is 18.7 Å². The Morgan fingerprint density at radius 1 is 1.09 bits per heavy atom. The molecule has 3 aromatic rings. The van der Waals surface area contributed by atoms with E-state index in [1.807, 2.05) is 24.4 Å². The third-order valence-electron chi connectivity index (χ3n) is 6.56. The van der Waals surface area contributed by atoms with Gasteiger partial charge in [-0.25, -0.2) is 0 Å². The van der Waals surface area contributed by atoms with Gasteiger partial charge in [0.2, 0.25) is 0 Å². The van der Waals surface area contributed by atoms with E-state index in [4.69, 9.17) is 12.2 Å². The maximum atomic E-state index is 9.73. The Labute approximate surface area is 201 Å². The first-order valence-electron chi connectivity index (χ1n) is 11.6. The number of rotatable bonds is 8. The molecule has 0 radical (unpaired) electrons. The SMILES string of the molecule is CCN(CC)c1ccc(-n2c(C)cc(C3C(c4ccccn4)NC(=S)N3CCO)c2C)cc1. The summed E-state index contributed by atoms with van der Waals surface area (Å²) >= 11 is 5.66. The number of thiocarbonyl (C=S) groups is 1. The summed E-state index contributed by atoms with van der Waals surface area (Å²) in [5.41, 5.74) is 6.85. The average Bonchev–Trinajstić information content (AvgIpc) is 3.31. The number of pyridine rings is 1. The lowest BCUT2D eigenvalue weighted by molar-refractivity contribution is 0.223. The van der Waals surface area contributed by atoms with Crippen molar-refractivity contribution >= 4 is 23.0 Å². The van der Waals surface area contributed by atoms with Crippen molar-refractivity contribution in [2.45, 2.75) is 39.8 Å². The summed E-state index contributed by atoms with van der Waals surface area (Å²) in [6, 6.07) is 16.8. The van der Waals surface area contributed by atoms with Gasteiger partial charge in [0, 0.05) is 48.6 Å². The Hall–Kier alpha value is -2.90. The number of benzene rings is 1. The average molecular weight is 464 g/mol. The van der Waals surface area contributed by atoms with Gasteiger partial charge in [-0.3, -0.25) is 4.98 Å². The second kappa shape index (κ2) is 9.93. The lowest BCUT2D eigenvalue weighted by Crippen LogP contribution is -2.32. The first-order chi connectivity index (χ1) is 16.0. The molecule has 1 aromatic carbocycles. The van der Waals surface area contributed by atoms with Crippen LogP contribution in [0.15, 0.2) is 54.7 Å². The highest BCUT2D eigenvalue weighted by Gasteiger charge is 2.41. The zero-order chi connectivity index (χ0) is 23.5. The number of nitrogens with one attached hydrogen (secondary N) is 1. The van der Waals surface area contributed by atoms with Crippen LogP contribution in [0.5, 0.6) is 0 Å². The van der Waals surface area contributed by atoms with Crippen LogP contribution in [0.25, 0.3) is 5.69 Å². The van der Waals surface area contributed by atoms with Gasteiger partial charge in [0.15, 0.2) is 5.11 Å². The predicted octanol–water partition coefficient (Wildman–Crippen LogP) is 4.30. The molecule has 3 heterocycles. The van der Waals surface area contributed by atoms with Crippen LogP contribution < -0.4 is 10.2 Å². The topological polar surface area (TPSA) is 56.6 Å². The fraction of sp³-hybridized carbons (Fsp3) is 0.385. The molecule has 33 heavy (non-hydrogen) atoms. The van der Waals surface area contributed by atoms with Crippen LogP contribution in [-0.4, -0.2) is 50.9 Å². The molecule has 6 nitrogen and oxygen atoms in total. The number of hydrogen-bond donors (Lipinski definition) is 2. The Balaban J connectivity index is 1.75. The van der Waals surface area contributed by atoms with Gasteiger partial charge in [-0.15, -0.1) is 0 Å². The van der Waals surface area contributed by atoms with Gasteiger partial charge in [0.25, 0.3) is 0 Å². The molecule has 2 atom stereocenters. The molecule has 7 heteroatoms. The summed E-state index contributed by atoms with van der Waals surface area (Å²) in [7, 11) is 0. The fourth-order valence-corrected chi connectivity index (χ4v) is 5.31. The maximum absolute atomic E-state index is 9.73. The van der Waals surface area contributed by atoms with Crippen LogP contribution in [-0.2, 0) is 0 Å². The third kappa shape index (κ3) is 4.35. The molecule has 1 aliphatic rings. The highest BCUT2D eigenvalue weighted by atomic mass is 32.1. The fourth-order valence-electron chi connectivity index (χ4n) is 4.98. The monoisotopic (exact) mass is 463 g/mol. The molecule has 1 fully saturated rings. The minimum atomic E-state index is -0.0794. The van der Waals surface area contributed by atoms with Crippen molar-refractivity contribution in [3.63, 3.8) is 0 Å². The minimum Gasteiger partial charge on any atom is -0.395 e. The zero-order valence-electron chi connectivity index (χ0n) is 19.8. The molecular formula is C26H33N5OS. The molecule has 2 N–H and O–H groups in total. The molecular weight excluding hydrogens is 430 g/mol. The Morgan fingerprint density at radius 3 is 2.42 bits per heavy atom. The number of aryl methyl sites for hydroxylation is 1. The van der Waals surface area contributed by atoms with Gasteiger partial charge in [-0.1, -0.05) is 6.07 Å². The van der Waals surface area contributed by atoms with E-state index >= 15 is 0 Å². The van der Waals surface area contributed by atoms with Crippen molar-refractivity contribution in [1.82, 2.24) is 19.8 Å². The Kier molecular flexibility index (Phi) is 7.00. The third-order valence-corrected chi connectivity index (χ3v) is 6.92. The van der Waals surface area contributed by atoms with E-state index in [1.165, 1.54) is 22.6 Å². The second-order valence-electron chi connectivity index (χ2n) is 8.39. The lowest BCUT2D eigenvalue weighted by Gasteiger charge is -2.27. The smallest absolute Gasteiger partial charge is 0.170 e. The second-order valence-corrected chi connectivity index (χ2v) is 8.78. The lowest BCUT2D eigenvalue weighted by atomic mass is 9.97. The van der Waals surface area contributed by atoms with Gasteiger partial charge in [0.05, 0.1) is 24.4 Å². The van der Waals surface area contributed by atoms with Gasteiger partial charge in [-0.2, -0.15) is 0 Å². The predicted molar refractivity (Wildman–Crippen MR) is 138 cm³/mol. The van der Waals surface area contributed by atoms with Crippen molar-refractivity contribution < 1.29 is 5.11 Å². The van der Waals surface area contributed by atoms with E-state index < -0.39 is 0 Å². The van der Waals surface area contributed by atoms with Crippen molar-refractivity contribution in [2.24, 2.45) is 0 Å². The molecule has 0 amide bonds. The van der Waals surface area contributed by atoms with Crippen LogP contribution in [0.3, 0.4) is 0 Å². The molecule has 2 aromatic heterocycles. The number of β-amino-alcohol motifs (C(OH)–C–C–N with tert-alkyl or cyclic N) is 1. The normalized spacial score (nSPS) is 18.0. The van der Waals surface area contributed by atoms with Gasteiger partial charge in [-0.05, 0) is 87.9 Å². The first kappa shape index (κ1) is 23.3. The Bertz CT molecular complexity index is 1090. The highest BCUT2D eigenvalue weighted by molar-refractivity contribution is 7.80. The first-order valence-corrected chi connectivity index (χ1v) is 12.0. The molecule has 2 unspecified atom stereocenters. The van der Waals surface area contributed by atoms with Gasteiger partial charge < -0.3 is 24.8 Å². The van der Waals surface area contributed by atoms with E-state index in [1.54, 1.807) is 0 Å². The summed E-state index contributed by atoms with van der Waals surface area (Å²) in [6.45, 7) is 11.2. The number of anilines is 1. The number of aliphatic hydroxyl groups is 1. The van der Waals surface area contributed by atoms with Crippen LogP contribution in [0.2, 0.25) is 0 Å². The van der Waals surface area contributed by atoms with Crippen molar-refractivity contribution in [3.8, 4) is 5.69 Å².